The van der Waals surface area contributed by atoms with E-state index in [1.165, 1.54) is 6.07 Å². The zero-order chi connectivity index (χ0) is 13.9. The molecule has 1 unspecified atom stereocenters. The van der Waals surface area contributed by atoms with Crippen molar-refractivity contribution in [2.24, 2.45) is 5.41 Å². The molecule has 1 fully saturated rings. The normalized spacial score (nSPS) is 23.1. The van der Waals surface area contributed by atoms with Gasteiger partial charge in [0, 0.05) is 11.0 Å². The zero-order valence-corrected chi connectivity index (χ0v) is 12.5. The lowest BCUT2D eigenvalue weighted by atomic mass is 9.77. The van der Waals surface area contributed by atoms with Gasteiger partial charge < -0.3 is 10.6 Å². The number of nitrogens with one attached hydrogen (secondary N) is 2. The highest BCUT2D eigenvalue weighted by molar-refractivity contribution is 9.10. The van der Waals surface area contributed by atoms with Crippen molar-refractivity contribution in [1.82, 2.24) is 5.32 Å². The van der Waals surface area contributed by atoms with Gasteiger partial charge in [-0.2, -0.15) is 0 Å². The predicted octanol–water partition coefficient (Wildman–Crippen LogP) is 3.31. The van der Waals surface area contributed by atoms with E-state index in [-0.39, 0.29) is 11.6 Å². The predicted molar refractivity (Wildman–Crippen MR) is 77.6 cm³/mol. The largest absolute Gasteiger partial charge is 0.322 e. The van der Waals surface area contributed by atoms with E-state index in [0.717, 1.165) is 25.8 Å². The van der Waals surface area contributed by atoms with Crippen molar-refractivity contribution in [3.63, 3.8) is 0 Å². The molecular weight excluding hydrogens is 311 g/mol. The highest BCUT2D eigenvalue weighted by Crippen LogP contribution is 2.33. The van der Waals surface area contributed by atoms with Crippen LogP contribution in [0, 0.1) is 11.2 Å². The maximum absolute atomic E-state index is 13.7. The molecule has 0 spiro atoms. The van der Waals surface area contributed by atoms with Gasteiger partial charge in [0.25, 0.3) is 0 Å². The number of piperidine rings is 1. The van der Waals surface area contributed by atoms with E-state index in [2.05, 4.69) is 26.6 Å². The first-order valence-electron chi connectivity index (χ1n) is 6.55. The topological polar surface area (TPSA) is 41.1 Å². The lowest BCUT2D eigenvalue weighted by Gasteiger charge is -2.35. The molecule has 1 heterocycles. The second kappa shape index (κ2) is 6.01. The number of carbonyl (C=O) groups excluding carboxylic acids is 1. The van der Waals surface area contributed by atoms with Crippen LogP contribution in [0.25, 0.3) is 0 Å². The van der Waals surface area contributed by atoms with Gasteiger partial charge in [0.1, 0.15) is 5.82 Å². The minimum Gasteiger partial charge on any atom is -0.322 e. The zero-order valence-electron chi connectivity index (χ0n) is 10.9. The Morgan fingerprint density at radius 1 is 1.58 bits per heavy atom. The van der Waals surface area contributed by atoms with Crippen molar-refractivity contribution in [2.45, 2.75) is 26.2 Å². The third-order valence-electron chi connectivity index (χ3n) is 3.83. The van der Waals surface area contributed by atoms with Gasteiger partial charge in [0.05, 0.1) is 11.1 Å². The summed E-state index contributed by atoms with van der Waals surface area (Å²) in [5.74, 6) is -0.522. The van der Waals surface area contributed by atoms with Gasteiger partial charge >= 0.3 is 0 Å². The van der Waals surface area contributed by atoms with Gasteiger partial charge in [-0.05, 0) is 53.9 Å². The molecule has 1 atom stereocenters. The number of halogens is 2. The first-order valence-corrected chi connectivity index (χ1v) is 7.34. The summed E-state index contributed by atoms with van der Waals surface area (Å²) in [4.78, 5) is 12.5. The first kappa shape index (κ1) is 14.5. The van der Waals surface area contributed by atoms with Crippen molar-refractivity contribution in [2.75, 3.05) is 18.4 Å². The summed E-state index contributed by atoms with van der Waals surface area (Å²) in [7, 11) is 0. The molecule has 1 amide bonds. The second-order valence-corrected chi connectivity index (χ2v) is 5.82. The van der Waals surface area contributed by atoms with E-state index < -0.39 is 11.2 Å². The Kier molecular flexibility index (Phi) is 4.58. The monoisotopic (exact) mass is 328 g/mol. The van der Waals surface area contributed by atoms with Crippen molar-refractivity contribution >= 4 is 27.5 Å². The van der Waals surface area contributed by atoms with Crippen LogP contribution in [0.1, 0.15) is 26.2 Å². The van der Waals surface area contributed by atoms with Crippen LogP contribution in [0.15, 0.2) is 22.7 Å². The molecule has 1 aromatic rings. The van der Waals surface area contributed by atoms with E-state index >= 15 is 0 Å². The summed E-state index contributed by atoms with van der Waals surface area (Å²) in [6, 6.07) is 4.67. The number of para-hydroxylation sites is 1. The summed E-state index contributed by atoms with van der Waals surface area (Å²) in [5.41, 5.74) is -0.203. The summed E-state index contributed by atoms with van der Waals surface area (Å²) in [6.45, 7) is 3.60. The smallest absolute Gasteiger partial charge is 0.231 e. The first-order chi connectivity index (χ1) is 9.09. The highest BCUT2D eigenvalue weighted by Gasteiger charge is 2.38. The summed E-state index contributed by atoms with van der Waals surface area (Å²) < 4.78 is 14.3. The third kappa shape index (κ3) is 2.98. The van der Waals surface area contributed by atoms with Crippen LogP contribution in [0.3, 0.4) is 0 Å². The average molecular weight is 329 g/mol. The molecule has 1 aliphatic rings. The van der Waals surface area contributed by atoms with E-state index in [4.69, 9.17) is 0 Å². The Morgan fingerprint density at radius 3 is 2.95 bits per heavy atom. The van der Waals surface area contributed by atoms with Gasteiger partial charge in [-0.1, -0.05) is 13.0 Å². The van der Waals surface area contributed by atoms with Gasteiger partial charge in [-0.3, -0.25) is 4.79 Å². The fourth-order valence-corrected chi connectivity index (χ4v) is 2.93. The minimum absolute atomic E-state index is 0.104. The third-order valence-corrected chi connectivity index (χ3v) is 4.49. The van der Waals surface area contributed by atoms with Crippen LogP contribution < -0.4 is 10.6 Å². The Balaban J connectivity index is 2.20. The number of carbonyl (C=O) groups is 1. The second-order valence-electron chi connectivity index (χ2n) is 4.96. The molecule has 5 heteroatoms. The average Bonchev–Trinajstić information content (AvgIpc) is 2.43. The molecule has 0 aliphatic carbocycles. The Morgan fingerprint density at radius 2 is 2.37 bits per heavy atom. The molecule has 2 rings (SSSR count). The molecular formula is C14H18BrFN2O. The van der Waals surface area contributed by atoms with Gasteiger partial charge in [-0.25, -0.2) is 4.39 Å². The number of benzene rings is 1. The van der Waals surface area contributed by atoms with Gasteiger partial charge in [0.15, 0.2) is 0 Å². The highest BCUT2D eigenvalue weighted by atomic mass is 79.9. The minimum atomic E-state index is -0.431. The standard InChI is InChI=1S/C14H18BrFN2O/c1-2-14(7-4-8-17-9-14)13(19)18-12-10(15)5-3-6-11(12)16/h3,5-6,17H,2,4,7-9H2,1H3,(H,18,19). The molecule has 1 aromatic carbocycles. The maximum Gasteiger partial charge on any atom is 0.231 e. The maximum atomic E-state index is 13.7. The summed E-state index contributed by atoms with van der Waals surface area (Å²) in [5, 5.41) is 6.00. The number of anilines is 1. The molecule has 0 saturated carbocycles. The molecule has 0 aromatic heterocycles. The molecule has 0 radical (unpaired) electrons. The van der Waals surface area contributed by atoms with Crippen molar-refractivity contribution in [3.05, 3.63) is 28.5 Å². The number of rotatable bonds is 3. The Labute approximate surface area is 121 Å². The van der Waals surface area contributed by atoms with Crippen LogP contribution in [0.2, 0.25) is 0 Å². The number of amides is 1. The fourth-order valence-electron chi connectivity index (χ4n) is 2.49. The summed E-state index contributed by atoms with van der Waals surface area (Å²) in [6.07, 6.45) is 2.56. The number of hydrogen-bond acceptors (Lipinski definition) is 2. The van der Waals surface area contributed by atoms with E-state index in [1.54, 1.807) is 12.1 Å². The SMILES string of the molecule is CCC1(C(=O)Nc2c(F)cccc2Br)CCCNC1. The molecule has 2 N–H and O–H groups in total. The molecule has 0 bridgehead atoms. The van der Waals surface area contributed by atoms with Crippen LogP contribution in [-0.4, -0.2) is 19.0 Å². The van der Waals surface area contributed by atoms with Crippen molar-refractivity contribution in [1.29, 1.82) is 0 Å². The molecule has 19 heavy (non-hydrogen) atoms. The van der Waals surface area contributed by atoms with Crippen LogP contribution in [0.5, 0.6) is 0 Å². The molecule has 1 aliphatic heterocycles. The fraction of sp³-hybridized carbons (Fsp3) is 0.500. The van der Waals surface area contributed by atoms with E-state index in [1.807, 2.05) is 6.92 Å². The lowest BCUT2D eigenvalue weighted by molar-refractivity contribution is -0.126. The molecule has 104 valence electrons. The van der Waals surface area contributed by atoms with Crippen LogP contribution in [-0.2, 0) is 4.79 Å². The molecule has 1 saturated heterocycles. The number of hydrogen-bond donors (Lipinski definition) is 2. The Bertz CT molecular complexity index is 452. The van der Waals surface area contributed by atoms with Crippen molar-refractivity contribution < 1.29 is 9.18 Å². The molecule has 3 nitrogen and oxygen atoms in total. The van der Waals surface area contributed by atoms with Crippen LogP contribution >= 0.6 is 15.9 Å². The van der Waals surface area contributed by atoms with Crippen molar-refractivity contribution in [3.8, 4) is 0 Å². The van der Waals surface area contributed by atoms with Gasteiger partial charge in [0.2, 0.25) is 5.91 Å². The van der Waals surface area contributed by atoms with E-state index in [0.29, 0.717) is 11.0 Å². The van der Waals surface area contributed by atoms with Crippen LogP contribution in [0.4, 0.5) is 10.1 Å². The van der Waals surface area contributed by atoms with E-state index in [9.17, 15) is 9.18 Å². The Hall–Kier alpha value is -0.940. The lowest BCUT2D eigenvalue weighted by Crippen LogP contribution is -2.47. The quantitative estimate of drug-likeness (QED) is 0.893. The summed E-state index contributed by atoms with van der Waals surface area (Å²) >= 11 is 3.27. The van der Waals surface area contributed by atoms with Gasteiger partial charge in [-0.15, -0.1) is 0 Å².